The molecule has 0 rings (SSSR count). The van der Waals surface area contributed by atoms with Crippen LogP contribution in [0.5, 0.6) is 0 Å². The Morgan fingerprint density at radius 3 is 1.56 bits per heavy atom. The van der Waals surface area contributed by atoms with Crippen molar-refractivity contribution in [1.29, 1.82) is 0 Å². The van der Waals surface area contributed by atoms with Crippen molar-refractivity contribution in [2.75, 3.05) is 0 Å². The molecule has 56 valence electrons. The van der Waals surface area contributed by atoms with Gasteiger partial charge in [-0.1, -0.05) is 31.9 Å². The largest absolute Gasteiger partial charge is 0.403 e. The van der Waals surface area contributed by atoms with Crippen LogP contribution in [0.2, 0.25) is 0 Å². The van der Waals surface area contributed by atoms with Crippen LogP contribution in [0.1, 0.15) is 0 Å². The Bertz CT molecular complexity index is 91.5. The van der Waals surface area contributed by atoms with Crippen LogP contribution in [0, 0.1) is 0 Å². The summed E-state index contributed by atoms with van der Waals surface area (Å²) in [6.45, 7) is 0. The Hall–Kier alpha value is 1.04. The molecule has 0 radical (unpaired) electrons. The summed E-state index contributed by atoms with van der Waals surface area (Å²) in [4.78, 5) is -1.69. The van der Waals surface area contributed by atoms with Crippen LogP contribution in [0.25, 0.3) is 0 Å². The first-order valence-corrected chi connectivity index (χ1v) is 4.11. The molecule has 0 aromatic heterocycles. The molecule has 0 aliphatic carbocycles. The van der Waals surface area contributed by atoms with E-state index in [1.54, 1.807) is 0 Å². The molecule has 0 spiro atoms. The van der Waals surface area contributed by atoms with Crippen molar-refractivity contribution in [3.63, 3.8) is 0 Å². The Morgan fingerprint density at radius 1 is 1.22 bits per heavy atom. The Kier molecular flexibility index (Phi) is 3.83. The molecule has 2 atom stereocenters. The first-order valence-electron chi connectivity index (χ1n) is 1.84. The monoisotopic (exact) mass is 288 g/mol. The second-order valence-electron chi connectivity index (χ2n) is 1.28. The van der Waals surface area contributed by atoms with E-state index in [0.29, 0.717) is 0 Å². The molecule has 0 amide bonds. The highest BCUT2D eigenvalue weighted by molar-refractivity contribution is 9.12. The summed E-state index contributed by atoms with van der Waals surface area (Å²) in [5.74, 6) is 0. The SMILES string of the molecule is FC(F)(F)C(Br)C(Cl)Br. The van der Waals surface area contributed by atoms with E-state index in [1.165, 1.54) is 0 Å². The zero-order chi connectivity index (χ0) is 7.65. The van der Waals surface area contributed by atoms with Crippen molar-refractivity contribution in [2.24, 2.45) is 0 Å². The van der Waals surface area contributed by atoms with Gasteiger partial charge < -0.3 is 0 Å². The van der Waals surface area contributed by atoms with Crippen molar-refractivity contribution >= 4 is 43.5 Å². The molecular formula is C3H2Br2ClF3. The predicted octanol–water partition coefficient (Wildman–Crippen LogP) is 3.27. The molecule has 6 heteroatoms. The first kappa shape index (κ1) is 10.0. The zero-order valence-electron chi connectivity index (χ0n) is 3.92. The van der Waals surface area contributed by atoms with Gasteiger partial charge in [0.1, 0.15) is 9.11 Å². The highest BCUT2D eigenvalue weighted by Crippen LogP contribution is 2.33. The fourth-order valence-electron chi connectivity index (χ4n) is 0.143. The standard InChI is InChI=1S/C3H2Br2ClF3/c4-1(2(5)6)3(7,8)9/h1-2H. The van der Waals surface area contributed by atoms with Gasteiger partial charge in [-0.25, -0.2) is 0 Å². The molecule has 0 fully saturated rings. The third-order valence-electron chi connectivity index (χ3n) is 0.534. The molecule has 0 aromatic rings. The fraction of sp³-hybridized carbons (Fsp3) is 1.00. The summed E-state index contributed by atoms with van der Waals surface area (Å²) >= 11 is 10.00. The van der Waals surface area contributed by atoms with E-state index in [2.05, 4.69) is 31.9 Å². The van der Waals surface area contributed by atoms with Gasteiger partial charge in [-0.2, -0.15) is 13.2 Å². The van der Waals surface area contributed by atoms with Gasteiger partial charge in [-0.15, -0.1) is 11.6 Å². The minimum absolute atomic E-state index is 1.11. The number of halogens is 6. The fourth-order valence-corrected chi connectivity index (χ4v) is 0.585. The highest BCUT2D eigenvalue weighted by Gasteiger charge is 2.41. The van der Waals surface area contributed by atoms with Gasteiger partial charge in [0.05, 0.1) is 0 Å². The van der Waals surface area contributed by atoms with E-state index < -0.39 is 15.3 Å². The summed E-state index contributed by atoms with van der Waals surface area (Å²) in [5, 5.41) is 0. The lowest BCUT2D eigenvalue weighted by Gasteiger charge is -2.13. The maximum absolute atomic E-state index is 11.5. The molecule has 0 bridgehead atoms. The molecule has 0 nitrogen and oxygen atoms in total. The molecule has 0 saturated carbocycles. The van der Waals surface area contributed by atoms with Gasteiger partial charge in [0.25, 0.3) is 0 Å². The van der Waals surface area contributed by atoms with Crippen LogP contribution in [0.4, 0.5) is 13.2 Å². The Labute approximate surface area is 72.0 Å². The van der Waals surface area contributed by atoms with E-state index in [9.17, 15) is 13.2 Å². The molecule has 9 heavy (non-hydrogen) atoms. The second kappa shape index (κ2) is 3.44. The van der Waals surface area contributed by atoms with Crippen LogP contribution in [-0.2, 0) is 0 Å². The third kappa shape index (κ3) is 3.68. The Morgan fingerprint density at radius 2 is 1.56 bits per heavy atom. The highest BCUT2D eigenvalue weighted by atomic mass is 79.9. The summed E-state index contributed by atoms with van der Waals surface area (Å²) in [6.07, 6.45) is -4.28. The van der Waals surface area contributed by atoms with E-state index >= 15 is 0 Å². The van der Waals surface area contributed by atoms with Gasteiger partial charge in [0.15, 0.2) is 0 Å². The molecule has 2 unspecified atom stereocenters. The third-order valence-corrected chi connectivity index (χ3v) is 3.38. The summed E-state index contributed by atoms with van der Waals surface area (Å²) in [7, 11) is 0. The minimum atomic E-state index is -4.28. The van der Waals surface area contributed by atoms with Crippen molar-refractivity contribution in [3.8, 4) is 0 Å². The molecular weight excluding hydrogens is 288 g/mol. The second-order valence-corrected chi connectivity index (χ2v) is 4.25. The van der Waals surface area contributed by atoms with Gasteiger partial charge in [0, 0.05) is 0 Å². The summed E-state index contributed by atoms with van der Waals surface area (Å²) < 4.78 is 33.5. The average Bonchev–Trinajstić information content (AvgIpc) is 1.62. The maximum Gasteiger partial charge on any atom is 0.403 e. The normalized spacial score (nSPS) is 19.3. The van der Waals surface area contributed by atoms with E-state index in [-0.39, 0.29) is 0 Å². The predicted molar refractivity (Wildman–Crippen MR) is 37.3 cm³/mol. The van der Waals surface area contributed by atoms with E-state index in [4.69, 9.17) is 11.6 Å². The number of alkyl halides is 6. The molecule has 0 aromatic carbocycles. The lowest BCUT2D eigenvalue weighted by atomic mass is 10.5. The van der Waals surface area contributed by atoms with Gasteiger partial charge in [-0.3, -0.25) is 0 Å². The molecule has 0 aliphatic rings. The van der Waals surface area contributed by atoms with Gasteiger partial charge in [-0.05, 0) is 0 Å². The summed E-state index contributed by atoms with van der Waals surface area (Å²) in [5.41, 5.74) is 0. The smallest absolute Gasteiger partial charge is 0.170 e. The molecule has 0 aliphatic heterocycles. The first-order chi connectivity index (χ1) is 3.85. The average molecular weight is 290 g/mol. The van der Waals surface area contributed by atoms with E-state index in [0.717, 1.165) is 0 Å². The lowest BCUT2D eigenvalue weighted by molar-refractivity contribution is -0.124. The topological polar surface area (TPSA) is 0 Å². The maximum atomic E-state index is 11.5. The molecule has 0 saturated heterocycles. The van der Waals surface area contributed by atoms with Crippen molar-refractivity contribution in [1.82, 2.24) is 0 Å². The van der Waals surface area contributed by atoms with Crippen molar-refractivity contribution < 1.29 is 13.2 Å². The quantitative estimate of drug-likeness (QED) is 0.650. The molecule has 0 heterocycles. The van der Waals surface area contributed by atoms with Crippen LogP contribution in [0.15, 0.2) is 0 Å². The number of hydrogen-bond donors (Lipinski definition) is 0. The lowest BCUT2D eigenvalue weighted by Crippen LogP contribution is -2.27. The van der Waals surface area contributed by atoms with Gasteiger partial charge in [0.2, 0.25) is 0 Å². The van der Waals surface area contributed by atoms with E-state index in [1.807, 2.05) is 0 Å². The minimum Gasteiger partial charge on any atom is -0.170 e. The zero-order valence-corrected chi connectivity index (χ0v) is 7.85. The van der Waals surface area contributed by atoms with Crippen molar-refractivity contribution in [2.45, 2.75) is 15.3 Å². The van der Waals surface area contributed by atoms with Crippen molar-refractivity contribution in [3.05, 3.63) is 0 Å². The van der Waals surface area contributed by atoms with Crippen LogP contribution in [0.3, 0.4) is 0 Å². The van der Waals surface area contributed by atoms with Crippen LogP contribution in [-0.4, -0.2) is 15.3 Å². The summed E-state index contributed by atoms with van der Waals surface area (Å²) in [6, 6.07) is 0. The van der Waals surface area contributed by atoms with Crippen LogP contribution >= 0.6 is 43.5 Å². The van der Waals surface area contributed by atoms with Crippen LogP contribution < -0.4 is 0 Å². The number of rotatable bonds is 1. The van der Waals surface area contributed by atoms with Gasteiger partial charge >= 0.3 is 6.18 Å². The number of hydrogen-bond acceptors (Lipinski definition) is 0. The molecule has 0 N–H and O–H groups in total. The Balaban J connectivity index is 3.88.